The van der Waals surface area contributed by atoms with Crippen LogP contribution in [0.25, 0.3) is 0 Å². The lowest BCUT2D eigenvalue weighted by molar-refractivity contribution is -0.337. The van der Waals surface area contributed by atoms with Gasteiger partial charge in [0.15, 0.2) is 12.1 Å². The molecule has 0 aromatic heterocycles. The van der Waals surface area contributed by atoms with Gasteiger partial charge >= 0.3 is 0 Å². The van der Waals surface area contributed by atoms with E-state index in [1.54, 1.807) is 0 Å². The van der Waals surface area contributed by atoms with E-state index in [-0.39, 0.29) is 24.3 Å². The van der Waals surface area contributed by atoms with Gasteiger partial charge in [-0.05, 0) is 13.8 Å². The molecule has 3 heterocycles. The molecule has 6 nitrogen and oxygen atoms in total. The lowest BCUT2D eigenvalue weighted by atomic mass is 9.89. The van der Waals surface area contributed by atoms with Crippen LogP contribution in [-0.4, -0.2) is 54.5 Å². The van der Waals surface area contributed by atoms with Gasteiger partial charge in [0, 0.05) is 5.56 Å². The molecule has 3 aliphatic rings. The Kier molecular flexibility index (Phi) is 3.91. The summed E-state index contributed by atoms with van der Waals surface area (Å²) in [5, 5.41) is 14.2. The van der Waals surface area contributed by atoms with Crippen LogP contribution in [0.1, 0.15) is 25.7 Å². The van der Waals surface area contributed by atoms with Gasteiger partial charge in [0.25, 0.3) is 0 Å². The summed E-state index contributed by atoms with van der Waals surface area (Å²) in [4.78, 5) is 0. The average molecular weight is 321 g/mol. The van der Waals surface area contributed by atoms with Crippen molar-refractivity contribution in [3.05, 3.63) is 35.9 Å². The molecule has 0 spiro atoms. The molecule has 23 heavy (non-hydrogen) atoms. The molecule has 3 saturated heterocycles. The molecule has 0 unspecified atom stereocenters. The van der Waals surface area contributed by atoms with Crippen LogP contribution in [0, 0.1) is 0 Å². The highest BCUT2D eigenvalue weighted by Gasteiger charge is 2.52. The third-order valence-corrected chi connectivity index (χ3v) is 4.70. The minimum absolute atomic E-state index is 0.0558. The number of nitrogens with one attached hydrogen (secondary N) is 1. The van der Waals surface area contributed by atoms with Crippen LogP contribution >= 0.6 is 0 Å². The summed E-state index contributed by atoms with van der Waals surface area (Å²) >= 11 is 0. The van der Waals surface area contributed by atoms with Crippen molar-refractivity contribution in [1.29, 1.82) is 0 Å². The minimum atomic E-state index is -0.718. The van der Waals surface area contributed by atoms with Gasteiger partial charge in [0.1, 0.15) is 18.3 Å². The fourth-order valence-corrected chi connectivity index (χ4v) is 3.55. The van der Waals surface area contributed by atoms with Gasteiger partial charge in [0.05, 0.1) is 25.3 Å². The van der Waals surface area contributed by atoms with Gasteiger partial charge in [-0.25, -0.2) is 0 Å². The maximum absolute atomic E-state index is 10.8. The third-order valence-electron chi connectivity index (χ3n) is 4.70. The van der Waals surface area contributed by atoms with Crippen LogP contribution < -0.4 is 5.32 Å². The first-order valence-corrected chi connectivity index (χ1v) is 8.11. The third kappa shape index (κ3) is 2.91. The molecule has 2 N–H and O–H groups in total. The number of ether oxygens (including phenoxy) is 4. The van der Waals surface area contributed by atoms with Crippen LogP contribution in [0.4, 0.5) is 0 Å². The summed E-state index contributed by atoms with van der Waals surface area (Å²) in [6.45, 7) is 4.70. The second-order valence-corrected chi connectivity index (χ2v) is 6.84. The van der Waals surface area contributed by atoms with Crippen LogP contribution in [0.5, 0.6) is 0 Å². The molecule has 0 saturated carbocycles. The van der Waals surface area contributed by atoms with Gasteiger partial charge in [-0.1, -0.05) is 30.3 Å². The lowest BCUT2D eigenvalue weighted by Crippen LogP contribution is -2.72. The molecule has 0 aliphatic carbocycles. The van der Waals surface area contributed by atoms with E-state index in [4.69, 9.17) is 18.9 Å². The fraction of sp³-hybridized carbons (Fsp3) is 0.647. The zero-order valence-corrected chi connectivity index (χ0v) is 13.3. The number of rotatable bonds is 1. The van der Waals surface area contributed by atoms with Crippen molar-refractivity contribution in [1.82, 2.24) is 5.32 Å². The normalized spacial score (nSPS) is 42.6. The summed E-state index contributed by atoms with van der Waals surface area (Å²) in [7, 11) is 0. The van der Waals surface area contributed by atoms with E-state index in [9.17, 15) is 5.11 Å². The van der Waals surface area contributed by atoms with E-state index in [1.165, 1.54) is 0 Å². The smallest absolute Gasteiger partial charge is 0.184 e. The number of fused-ring (bicyclic) bond motifs is 2. The maximum Gasteiger partial charge on any atom is 0.184 e. The summed E-state index contributed by atoms with van der Waals surface area (Å²) in [5.74, 6) is -0.694. The highest BCUT2D eigenvalue weighted by Crippen LogP contribution is 2.35. The van der Waals surface area contributed by atoms with Crippen molar-refractivity contribution in [2.75, 3.05) is 13.2 Å². The average Bonchev–Trinajstić information content (AvgIpc) is 2.56. The maximum atomic E-state index is 10.8. The highest BCUT2D eigenvalue weighted by atomic mass is 16.7. The van der Waals surface area contributed by atoms with E-state index >= 15 is 0 Å². The zero-order valence-electron chi connectivity index (χ0n) is 13.3. The van der Waals surface area contributed by atoms with Crippen molar-refractivity contribution in [3.8, 4) is 0 Å². The Morgan fingerprint density at radius 3 is 2.61 bits per heavy atom. The minimum Gasteiger partial charge on any atom is -0.388 e. The van der Waals surface area contributed by atoms with Gasteiger partial charge in [-0.2, -0.15) is 0 Å². The Labute approximate surface area is 135 Å². The highest BCUT2D eigenvalue weighted by molar-refractivity contribution is 5.17. The van der Waals surface area contributed by atoms with Crippen LogP contribution in [0.2, 0.25) is 0 Å². The Hall–Kier alpha value is -1.02. The molecular formula is C17H23NO5. The van der Waals surface area contributed by atoms with E-state index in [0.29, 0.717) is 13.2 Å². The van der Waals surface area contributed by atoms with Crippen molar-refractivity contribution in [3.63, 3.8) is 0 Å². The summed E-state index contributed by atoms with van der Waals surface area (Å²) in [5.41, 5.74) is 0.952. The standard InChI is InChI=1S/C17H23NO5/c1-17(2)21-9-12-15(23-17)13(19)14-11(18-12)8-20-16(22-14)10-6-4-3-5-7-10/h3-7,11-16,18-19H,8-9H2,1-2H3/t11-,12+,13+,14-,15-,16-/m1/s1. The van der Waals surface area contributed by atoms with E-state index in [0.717, 1.165) is 5.56 Å². The number of benzene rings is 1. The Morgan fingerprint density at radius 1 is 1.09 bits per heavy atom. The number of hydrogen-bond acceptors (Lipinski definition) is 6. The molecule has 3 fully saturated rings. The Balaban J connectivity index is 1.52. The summed E-state index contributed by atoms with van der Waals surface area (Å²) in [6.07, 6.45) is -1.90. The molecule has 126 valence electrons. The molecule has 3 aliphatic heterocycles. The second kappa shape index (κ2) is 5.81. The Bertz CT molecular complexity index is 551. The first-order valence-electron chi connectivity index (χ1n) is 8.11. The van der Waals surface area contributed by atoms with Crippen LogP contribution in [0.15, 0.2) is 30.3 Å². The van der Waals surface area contributed by atoms with Gasteiger partial charge in [0.2, 0.25) is 0 Å². The topological polar surface area (TPSA) is 69.2 Å². The first-order chi connectivity index (χ1) is 11.0. The molecule has 4 rings (SSSR count). The number of aliphatic hydroxyl groups is 1. The molecule has 1 aromatic rings. The monoisotopic (exact) mass is 321 g/mol. The predicted octanol–water partition coefficient (Wildman–Crippen LogP) is 0.953. The number of piperidine rings is 1. The van der Waals surface area contributed by atoms with Gasteiger partial charge < -0.3 is 29.4 Å². The van der Waals surface area contributed by atoms with Crippen LogP contribution in [-0.2, 0) is 18.9 Å². The zero-order chi connectivity index (χ0) is 16.0. The quantitative estimate of drug-likeness (QED) is 0.803. The predicted molar refractivity (Wildman–Crippen MR) is 81.6 cm³/mol. The largest absolute Gasteiger partial charge is 0.388 e. The van der Waals surface area contributed by atoms with Crippen molar-refractivity contribution >= 4 is 0 Å². The Morgan fingerprint density at radius 2 is 1.83 bits per heavy atom. The first kappa shape index (κ1) is 15.5. The molecular weight excluding hydrogens is 298 g/mol. The van der Waals surface area contributed by atoms with Crippen molar-refractivity contribution < 1.29 is 24.1 Å². The van der Waals surface area contributed by atoms with Gasteiger partial charge in [-0.3, -0.25) is 0 Å². The van der Waals surface area contributed by atoms with E-state index in [1.807, 2.05) is 44.2 Å². The lowest BCUT2D eigenvalue weighted by Gasteiger charge is -2.52. The molecule has 6 heteroatoms. The SMILES string of the molecule is CC1(C)OC[C@@H]2N[C@@H]3CO[C@@H](c4ccccc4)O[C@H]3[C@H](O)[C@@H]2O1. The number of hydrogen-bond donors (Lipinski definition) is 2. The van der Waals surface area contributed by atoms with Crippen molar-refractivity contribution in [2.45, 2.75) is 56.3 Å². The number of aliphatic hydroxyl groups excluding tert-OH is 1. The molecule has 0 radical (unpaired) electrons. The van der Waals surface area contributed by atoms with Crippen molar-refractivity contribution in [2.24, 2.45) is 0 Å². The molecule has 0 bridgehead atoms. The molecule has 0 amide bonds. The molecule has 6 atom stereocenters. The second-order valence-electron chi connectivity index (χ2n) is 6.84. The van der Waals surface area contributed by atoms with Crippen LogP contribution in [0.3, 0.4) is 0 Å². The molecule has 1 aromatic carbocycles. The summed E-state index contributed by atoms with van der Waals surface area (Å²) in [6, 6.07) is 9.65. The van der Waals surface area contributed by atoms with E-state index in [2.05, 4.69) is 5.32 Å². The fourth-order valence-electron chi connectivity index (χ4n) is 3.55. The van der Waals surface area contributed by atoms with E-state index < -0.39 is 18.2 Å². The van der Waals surface area contributed by atoms with Gasteiger partial charge in [-0.15, -0.1) is 0 Å². The summed E-state index contributed by atoms with van der Waals surface area (Å²) < 4.78 is 23.5.